The molecule has 1 aromatic carbocycles. The topological polar surface area (TPSA) is 95.4 Å². The molecule has 5 N–H and O–H groups in total. The highest BCUT2D eigenvalue weighted by Gasteiger charge is 2.13. The summed E-state index contributed by atoms with van der Waals surface area (Å²) in [6.45, 7) is 0.528. The maximum Gasteiger partial charge on any atom is 0.154 e. The zero-order valence-corrected chi connectivity index (χ0v) is 12.1. The lowest BCUT2D eigenvalue weighted by Gasteiger charge is -2.01. The van der Waals surface area contributed by atoms with Crippen LogP contribution in [-0.4, -0.2) is 27.0 Å². The summed E-state index contributed by atoms with van der Waals surface area (Å²) in [7, 11) is 1.85. The maximum atomic E-state index is 5.73. The summed E-state index contributed by atoms with van der Waals surface area (Å²) in [6.07, 6.45) is 1.69. The van der Waals surface area contributed by atoms with Crippen LogP contribution in [0.1, 0.15) is 5.56 Å². The first-order valence-corrected chi connectivity index (χ1v) is 7.13. The van der Waals surface area contributed by atoms with Crippen LogP contribution in [0.4, 0.5) is 5.82 Å². The number of nitrogens with one attached hydrogen (secondary N) is 3. The third-order valence-electron chi connectivity index (χ3n) is 3.86. The Morgan fingerprint density at radius 3 is 3.00 bits per heavy atom. The predicted octanol–water partition coefficient (Wildman–Crippen LogP) is 2.61. The molecule has 0 radical (unpaired) electrons. The monoisotopic (exact) mass is 292 g/mol. The number of aromatic amines is 2. The van der Waals surface area contributed by atoms with Crippen LogP contribution in [0.25, 0.3) is 33.3 Å². The van der Waals surface area contributed by atoms with E-state index in [-0.39, 0.29) is 0 Å². The Morgan fingerprint density at radius 2 is 2.18 bits per heavy atom. The van der Waals surface area contributed by atoms with E-state index < -0.39 is 0 Å². The number of fused-ring (bicyclic) bond motifs is 3. The third kappa shape index (κ3) is 1.85. The molecule has 3 heterocycles. The van der Waals surface area contributed by atoms with Crippen LogP contribution >= 0.6 is 0 Å². The van der Waals surface area contributed by atoms with E-state index in [0.717, 1.165) is 44.7 Å². The van der Waals surface area contributed by atoms with Gasteiger partial charge in [-0.3, -0.25) is 0 Å². The van der Waals surface area contributed by atoms with E-state index in [4.69, 9.17) is 5.73 Å². The number of imidazole rings is 1. The molecule has 22 heavy (non-hydrogen) atoms. The molecule has 110 valence electrons. The summed E-state index contributed by atoms with van der Waals surface area (Å²) in [6, 6.07) is 10.3. The molecule has 0 saturated heterocycles. The van der Waals surface area contributed by atoms with Crippen molar-refractivity contribution < 1.29 is 0 Å². The molecule has 0 aliphatic heterocycles. The molecule has 6 nitrogen and oxygen atoms in total. The Labute approximate surface area is 126 Å². The van der Waals surface area contributed by atoms with Crippen molar-refractivity contribution in [2.75, 3.05) is 12.4 Å². The van der Waals surface area contributed by atoms with Crippen LogP contribution in [-0.2, 0) is 6.54 Å². The van der Waals surface area contributed by atoms with Crippen molar-refractivity contribution >= 4 is 27.9 Å². The molecule has 0 amide bonds. The van der Waals surface area contributed by atoms with Gasteiger partial charge in [-0.15, -0.1) is 0 Å². The minimum Gasteiger partial charge on any atom is -0.371 e. The van der Waals surface area contributed by atoms with Gasteiger partial charge in [-0.05, 0) is 23.3 Å². The van der Waals surface area contributed by atoms with Crippen molar-refractivity contribution in [2.45, 2.75) is 6.54 Å². The number of rotatable bonds is 3. The van der Waals surface area contributed by atoms with Gasteiger partial charge < -0.3 is 21.0 Å². The molecule has 0 bridgehead atoms. The van der Waals surface area contributed by atoms with E-state index in [9.17, 15) is 0 Å². The van der Waals surface area contributed by atoms with Gasteiger partial charge in [0.05, 0.1) is 6.33 Å². The normalized spacial score (nSPS) is 11.4. The van der Waals surface area contributed by atoms with Gasteiger partial charge in [-0.1, -0.05) is 18.2 Å². The number of aromatic nitrogens is 4. The van der Waals surface area contributed by atoms with Gasteiger partial charge in [0.25, 0.3) is 0 Å². The van der Waals surface area contributed by atoms with Gasteiger partial charge in [0, 0.05) is 24.7 Å². The maximum absolute atomic E-state index is 5.73. The van der Waals surface area contributed by atoms with E-state index in [1.54, 1.807) is 6.33 Å². The van der Waals surface area contributed by atoms with Gasteiger partial charge in [-0.25, -0.2) is 9.97 Å². The zero-order valence-electron chi connectivity index (χ0n) is 12.1. The Bertz CT molecular complexity index is 965. The van der Waals surface area contributed by atoms with Crippen LogP contribution in [0.5, 0.6) is 0 Å². The fourth-order valence-corrected chi connectivity index (χ4v) is 2.76. The van der Waals surface area contributed by atoms with Crippen LogP contribution in [0.3, 0.4) is 0 Å². The van der Waals surface area contributed by atoms with Crippen molar-refractivity contribution in [1.82, 2.24) is 19.9 Å². The molecule has 0 unspecified atom stereocenters. The standard InChI is InChI=1S/C16H16N6/c1-18-16-14-13(19-8-20-14)11-6-12(21-15(11)22-16)10-4-2-3-9(5-10)7-17/h2-6,8H,7,17H2,1H3,(H,19,20)(H2,18,21,22). The molecular formula is C16H16N6. The highest BCUT2D eigenvalue weighted by molar-refractivity contribution is 6.07. The minimum atomic E-state index is 0.528. The Morgan fingerprint density at radius 1 is 1.27 bits per heavy atom. The second-order valence-electron chi connectivity index (χ2n) is 5.19. The lowest BCUT2D eigenvalue weighted by atomic mass is 10.1. The highest BCUT2D eigenvalue weighted by atomic mass is 15.0. The summed E-state index contributed by atoms with van der Waals surface area (Å²) in [5, 5.41) is 4.10. The SMILES string of the molecule is CNc1nc2[nH]c(-c3cccc(CN)c3)cc2c2nc[nH]c12. The van der Waals surface area contributed by atoms with E-state index in [1.165, 1.54) is 0 Å². The number of hydrogen-bond donors (Lipinski definition) is 4. The molecule has 4 aromatic rings. The Hall–Kier alpha value is -2.86. The van der Waals surface area contributed by atoms with Crippen molar-refractivity contribution in [3.05, 3.63) is 42.2 Å². The molecule has 0 aliphatic carbocycles. The molecule has 0 aliphatic rings. The van der Waals surface area contributed by atoms with Gasteiger partial charge in [0.15, 0.2) is 5.82 Å². The smallest absolute Gasteiger partial charge is 0.154 e. The van der Waals surface area contributed by atoms with Crippen molar-refractivity contribution in [1.29, 1.82) is 0 Å². The molecule has 0 spiro atoms. The first-order valence-electron chi connectivity index (χ1n) is 7.13. The van der Waals surface area contributed by atoms with Crippen LogP contribution < -0.4 is 11.1 Å². The van der Waals surface area contributed by atoms with Crippen molar-refractivity contribution in [3.8, 4) is 11.3 Å². The number of H-pyrrole nitrogens is 2. The number of pyridine rings is 1. The van der Waals surface area contributed by atoms with Crippen LogP contribution in [0.2, 0.25) is 0 Å². The number of anilines is 1. The summed E-state index contributed by atoms with van der Waals surface area (Å²) >= 11 is 0. The highest BCUT2D eigenvalue weighted by Crippen LogP contribution is 2.30. The quantitative estimate of drug-likeness (QED) is 0.467. The lowest BCUT2D eigenvalue weighted by Crippen LogP contribution is -1.95. The summed E-state index contributed by atoms with van der Waals surface area (Å²) < 4.78 is 0. The number of nitrogens with zero attached hydrogens (tertiary/aromatic N) is 2. The minimum absolute atomic E-state index is 0.528. The molecule has 0 atom stereocenters. The molecule has 3 aromatic heterocycles. The molecule has 0 fully saturated rings. The molecule has 0 saturated carbocycles. The van der Waals surface area contributed by atoms with Crippen molar-refractivity contribution in [2.24, 2.45) is 5.73 Å². The van der Waals surface area contributed by atoms with Crippen LogP contribution in [0.15, 0.2) is 36.7 Å². The third-order valence-corrected chi connectivity index (χ3v) is 3.86. The van der Waals surface area contributed by atoms with Gasteiger partial charge in [-0.2, -0.15) is 0 Å². The van der Waals surface area contributed by atoms with E-state index in [1.807, 2.05) is 19.2 Å². The molecular weight excluding hydrogens is 276 g/mol. The predicted molar refractivity (Wildman–Crippen MR) is 88.6 cm³/mol. The average Bonchev–Trinajstić information content (AvgIpc) is 3.20. The zero-order chi connectivity index (χ0) is 15.1. The second kappa shape index (κ2) is 4.85. The largest absolute Gasteiger partial charge is 0.371 e. The first-order chi connectivity index (χ1) is 10.8. The van der Waals surface area contributed by atoms with Gasteiger partial charge >= 0.3 is 0 Å². The average molecular weight is 292 g/mol. The number of benzene rings is 1. The second-order valence-corrected chi connectivity index (χ2v) is 5.19. The Kier molecular flexibility index (Phi) is 2.83. The fraction of sp³-hybridized carbons (Fsp3) is 0.125. The van der Waals surface area contributed by atoms with E-state index in [2.05, 4.69) is 43.5 Å². The summed E-state index contributed by atoms with van der Waals surface area (Å²) in [5.41, 5.74) is 11.6. The first kappa shape index (κ1) is 12.8. The number of nitrogens with two attached hydrogens (primary N) is 1. The molecule has 6 heteroatoms. The molecule has 4 rings (SSSR count). The lowest BCUT2D eigenvalue weighted by molar-refractivity contribution is 1.07. The van der Waals surface area contributed by atoms with Gasteiger partial charge in [0.2, 0.25) is 0 Å². The fourth-order valence-electron chi connectivity index (χ4n) is 2.76. The van der Waals surface area contributed by atoms with E-state index >= 15 is 0 Å². The number of hydrogen-bond acceptors (Lipinski definition) is 4. The summed E-state index contributed by atoms with van der Waals surface area (Å²) in [4.78, 5) is 15.5. The van der Waals surface area contributed by atoms with Crippen LogP contribution in [0, 0.1) is 0 Å². The Balaban J connectivity index is 1.97. The summed E-state index contributed by atoms with van der Waals surface area (Å²) in [5.74, 6) is 0.782. The van der Waals surface area contributed by atoms with Crippen molar-refractivity contribution in [3.63, 3.8) is 0 Å². The van der Waals surface area contributed by atoms with E-state index in [0.29, 0.717) is 6.54 Å². The van der Waals surface area contributed by atoms with Gasteiger partial charge in [0.1, 0.15) is 16.7 Å².